The number of nitrogens with one attached hydrogen (secondary N) is 1. The quantitative estimate of drug-likeness (QED) is 0.678. The normalized spacial score (nSPS) is 15.2. The van der Waals surface area contributed by atoms with Crippen molar-refractivity contribution in [3.05, 3.63) is 24.3 Å². The maximum atomic E-state index is 12.0. The molecule has 20 heavy (non-hydrogen) atoms. The van der Waals surface area contributed by atoms with E-state index in [-0.39, 0.29) is 18.1 Å². The van der Waals surface area contributed by atoms with Gasteiger partial charge in [0.2, 0.25) is 10.0 Å². The Hall–Kier alpha value is -1.11. The van der Waals surface area contributed by atoms with Crippen molar-refractivity contribution in [1.29, 1.82) is 0 Å². The summed E-state index contributed by atoms with van der Waals surface area (Å²) in [6, 6.07) is 6.20. The fourth-order valence-corrected chi connectivity index (χ4v) is 3.04. The monoisotopic (exact) mass is 299 g/mol. The molecule has 0 radical (unpaired) electrons. The second-order valence-corrected chi connectivity index (χ2v) is 6.79. The predicted octanol–water partition coefficient (Wildman–Crippen LogP) is 1.53. The summed E-state index contributed by atoms with van der Waals surface area (Å²) in [5, 5.41) is 8.64. The van der Waals surface area contributed by atoms with Gasteiger partial charge in [0.15, 0.2) is 0 Å². The number of ether oxygens (including phenoxy) is 1. The van der Waals surface area contributed by atoms with E-state index in [9.17, 15) is 8.42 Å². The number of hydrogen-bond donors (Lipinski definition) is 2. The molecule has 2 rings (SSSR count). The molecule has 1 aromatic rings. The van der Waals surface area contributed by atoms with Crippen LogP contribution in [0.1, 0.15) is 25.7 Å². The van der Waals surface area contributed by atoms with E-state index in [0.717, 1.165) is 18.8 Å². The van der Waals surface area contributed by atoms with Gasteiger partial charge in [0.25, 0.3) is 0 Å². The Morgan fingerprint density at radius 3 is 2.55 bits per heavy atom. The summed E-state index contributed by atoms with van der Waals surface area (Å²) in [4.78, 5) is 0.236. The molecular weight excluding hydrogens is 278 g/mol. The summed E-state index contributed by atoms with van der Waals surface area (Å²) < 4.78 is 31.9. The molecule has 0 aromatic heterocycles. The fourth-order valence-electron chi connectivity index (χ4n) is 1.97. The molecule has 112 valence electrons. The summed E-state index contributed by atoms with van der Waals surface area (Å²) in [6.45, 7) is 0.621. The van der Waals surface area contributed by atoms with Crippen molar-refractivity contribution in [3.63, 3.8) is 0 Å². The second kappa shape index (κ2) is 7.06. The highest BCUT2D eigenvalue weighted by molar-refractivity contribution is 7.89. The third kappa shape index (κ3) is 4.77. The van der Waals surface area contributed by atoms with Crippen LogP contribution in [-0.2, 0) is 10.0 Å². The number of rotatable bonds is 9. The topological polar surface area (TPSA) is 75.6 Å². The smallest absolute Gasteiger partial charge is 0.240 e. The molecule has 0 heterocycles. The number of aliphatic hydroxyl groups excluding tert-OH is 1. The van der Waals surface area contributed by atoms with Crippen molar-refractivity contribution in [1.82, 2.24) is 4.72 Å². The van der Waals surface area contributed by atoms with Crippen molar-refractivity contribution >= 4 is 10.0 Å². The molecule has 1 aliphatic rings. The first-order valence-electron chi connectivity index (χ1n) is 6.95. The first-order chi connectivity index (χ1) is 9.62. The van der Waals surface area contributed by atoms with Crippen LogP contribution in [0, 0.1) is 5.92 Å². The van der Waals surface area contributed by atoms with Crippen LogP contribution in [0.2, 0.25) is 0 Å². The lowest BCUT2D eigenvalue weighted by atomic mass is 10.2. The molecule has 1 saturated carbocycles. The highest BCUT2D eigenvalue weighted by Gasteiger charge is 2.20. The molecule has 0 unspecified atom stereocenters. The summed E-state index contributed by atoms with van der Waals surface area (Å²) in [5.74, 6) is 1.37. The fraction of sp³-hybridized carbons (Fsp3) is 0.571. The zero-order valence-corrected chi connectivity index (χ0v) is 12.2. The number of hydrogen-bond acceptors (Lipinski definition) is 4. The molecule has 0 saturated heterocycles. The first kappa shape index (κ1) is 15.3. The van der Waals surface area contributed by atoms with Gasteiger partial charge in [0.1, 0.15) is 12.4 Å². The van der Waals surface area contributed by atoms with Crippen LogP contribution in [0.25, 0.3) is 0 Å². The van der Waals surface area contributed by atoms with Gasteiger partial charge in [-0.15, -0.1) is 0 Å². The summed E-state index contributed by atoms with van der Waals surface area (Å²) >= 11 is 0. The van der Waals surface area contributed by atoms with E-state index in [4.69, 9.17) is 9.84 Å². The first-order valence-corrected chi connectivity index (χ1v) is 8.43. The molecule has 1 aliphatic carbocycles. The Labute approximate surface area is 120 Å². The Balaban J connectivity index is 1.83. The van der Waals surface area contributed by atoms with E-state index < -0.39 is 10.0 Å². The lowest BCUT2D eigenvalue weighted by Crippen LogP contribution is -2.24. The highest BCUT2D eigenvalue weighted by atomic mass is 32.2. The van der Waals surface area contributed by atoms with Gasteiger partial charge in [-0.3, -0.25) is 0 Å². The van der Waals surface area contributed by atoms with Crippen molar-refractivity contribution in [2.45, 2.75) is 30.6 Å². The van der Waals surface area contributed by atoms with Crippen molar-refractivity contribution in [2.24, 2.45) is 5.92 Å². The zero-order chi connectivity index (χ0) is 14.4. The molecule has 0 atom stereocenters. The molecule has 0 bridgehead atoms. The molecule has 6 heteroatoms. The maximum Gasteiger partial charge on any atom is 0.240 e. The lowest BCUT2D eigenvalue weighted by molar-refractivity contribution is 0.201. The molecule has 0 aliphatic heterocycles. The Morgan fingerprint density at radius 2 is 1.95 bits per heavy atom. The van der Waals surface area contributed by atoms with Crippen LogP contribution in [0.15, 0.2) is 29.2 Å². The van der Waals surface area contributed by atoms with E-state index in [0.29, 0.717) is 12.3 Å². The molecular formula is C14H21NO4S. The van der Waals surface area contributed by atoms with E-state index in [2.05, 4.69) is 4.72 Å². The molecule has 1 aromatic carbocycles. The molecule has 0 amide bonds. The average molecular weight is 299 g/mol. The summed E-state index contributed by atoms with van der Waals surface area (Å²) in [5.41, 5.74) is 0. The minimum atomic E-state index is -3.43. The average Bonchev–Trinajstić information content (AvgIpc) is 3.26. The van der Waals surface area contributed by atoms with Crippen LogP contribution in [-0.4, -0.2) is 33.3 Å². The zero-order valence-electron chi connectivity index (χ0n) is 11.4. The molecule has 5 nitrogen and oxygen atoms in total. The van der Waals surface area contributed by atoms with Gasteiger partial charge in [-0.2, -0.15) is 0 Å². The van der Waals surface area contributed by atoms with Gasteiger partial charge in [-0.25, -0.2) is 13.1 Å². The Bertz CT molecular complexity index is 508. The molecule has 0 spiro atoms. The van der Waals surface area contributed by atoms with Gasteiger partial charge >= 0.3 is 0 Å². The maximum absolute atomic E-state index is 12.0. The second-order valence-electron chi connectivity index (χ2n) is 5.03. The van der Waals surface area contributed by atoms with Gasteiger partial charge in [-0.05, 0) is 43.0 Å². The Morgan fingerprint density at radius 1 is 1.25 bits per heavy atom. The number of aliphatic hydroxyl groups is 1. The predicted molar refractivity (Wildman–Crippen MR) is 76.2 cm³/mol. The largest absolute Gasteiger partial charge is 0.491 e. The van der Waals surface area contributed by atoms with Gasteiger partial charge in [-0.1, -0.05) is 12.8 Å². The third-order valence-electron chi connectivity index (χ3n) is 3.27. The lowest BCUT2D eigenvalue weighted by Gasteiger charge is -2.08. The molecule has 2 N–H and O–H groups in total. The van der Waals surface area contributed by atoms with Crippen molar-refractivity contribution in [2.75, 3.05) is 19.8 Å². The van der Waals surface area contributed by atoms with Gasteiger partial charge < -0.3 is 9.84 Å². The van der Waals surface area contributed by atoms with E-state index in [1.165, 1.54) is 25.0 Å². The Kier molecular flexibility index (Phi) is 5.39. The van der Waals surface area contributed by atoms with Crippen molar-refractivity contribution < 1.29 is 18.3 Å². The minimum Gasteiger partial charge on any atom is -0.491 e. The van der Waals surface area contributed by atoms with Crippen molar-refractivity contribution in [3.8, 4) is 5.75 Å². The third-order valence-corrected chi connectivity index (χ3v) is 4.75. The van der Waals surface area contributed by atoms with E-state index >= 15 is 0 Å². The van der Waals surface area contributed by atoms with Crippen LogP contribution in [0.5, 0.6) is 5.75 Å². The SMILES string of the molecule is O=S(=O)(NCCCC1CC1)c1ccc(OCCO)cc1. The van der Waals surface area contributed by atoms with Gasteiger partial charge in [0.05, 0.1) is 11.5 Å². The molecule has 1 fully saturated rings. The van der Waals surface area contributed by atoms with Crippen LogP contribution >= 0.6 is 0 Å². The van der Waals surface area contributed by atoms with Gasteiger partial charge in [0, 0.05) is 6.54 Å². The summed E-state index contributed by atoms with van der Waals surface area (Å²) in [7, 11) is -3.43. The number of benzene rings is 1. The van der Waals surface area contributed by atoms with Crippen LogP contribution in [0.4, 0.5) is 0 Å². The highest BCUT2D eigenvalue weighted by Crippen LogP contribution is 2.33. The minimum absolute atomic E-state index is 0.0669. The number of sulfonamides is 1. The standard InChI is InChI=1S/C14H21NO4S/c16-10-11-19-13-5-7-14(8-6-13)20(17,18)15-9-1-2-12-3-4-12/h5-8,12,15-16H,1-4,9-11H2. The van der Waals surface area contributed by atoms with E-state index in [1.807, 2.05) is 0 Å². The van der Waals surface area contributed by atoms with Crippen LogP contribution < -0.4 is 9.46 Å². The summed E-state index contributed by atoms with van der Waals surface area (Å²) in [6.07, 6.45) is 4.59. The van der Waals surface area contributed by atoms with E-state index in [1.54, 1.807) is 12.1 Å². The van der Waals surface area contributed by atoms with Crippen LogP contribution in [0.3, 0.4) is 0 Å².